The van der Waals surface area contributed by atoms with Gasteiger partial charge < -0.3 is 14.8 Å². The smallest absolute Gasteiger partial charge is 0.407 e. The first-order valence-corrected chi connectivity index (χ1v) is 5.41. The number of ether oxygens (including phenoxy) is 2. The molecule has 0 radical (unpaired) electrons. The molecule has 0 unspecified atom stereocenters. The fourth-order valence-corrected chi connectivity index (χ4v) is 0.833. The molecule has 16 heavy (non-hydrogen) atoms. The lowest BCUT2D eigenvalue weighted by molar-refractivity contribution is -0.142. The van der Waals surface area contributed by atoms with E-state index >= 15 is 0 Å². The lowest BCUT2D eigenvalue weighted by atomic mass is 9.99. The fraction of sp³-hybridized carbons (Fsp3) is 0.818. The van der Waals surface area contributed by atoms with Gasteiger partial charge in [-0.3, -0.25) is 4.79 Å². The highest BCUT2D eigenvalue weighted by molar-refractivity contribution is 5.71. The molecule has 0 fully saturated rings. The van der Waals surface area contributed by atoms with E-state index in [1.165, 1.54) is 0 Å². The van der Waals surface area contributed by atoms with Crippen LogP contribution < -0.4 is 5.32 Å². The second-order valence-corrected chi connectivity index (χ2v) is 4.62. The molecule has 94 valence electrons. The minimum Gasteiger partial charge on any atom is -0.466 e. The normalized spacial score (nSPS) is 10.8. The molecule has 0 atom stereocenters. The van der Waals surface area contributed by atoms with E-state index in [4.69, 9.17) is 9.47 Å². The lowest BCUT2D eigenvalue weighted by Crippen LogP contribution is -2.30. The monoisotopic (exact) mass is 231 g/mol. The molecule has 1 N–H and O–H groups in total. The molecule has 0 bridgehead atoms. The summed E-state index contributed by atoms with van der Waals surface area (Å²) in [7, 11) is 0. The van der Waals surface area contributed by atoms with Gasteiger partial charge in [-0.2, -0.15) is 0 Å². The number of carbonyl (C=O) groups excluding carboxylic acids is 2. The van der Waals surface area contributed by atoms with Crippen molar-refractivity contribution < 1.29 is 19.1 Å². The van der Waals surface area contributed by atoms with E-state index in [9.17, 15) is 9.59 Å². The minimum absolute atomic E-state index is 0.0571. The standard InChI is InChI=1S/C11H21NO4/c1-5-15-9(13)6-7-12-10(14)16-8-11(2,3)4/h5-8H2,1-4H3,(H,12,14). The molecule has 0 spiro atoms. The molecule has 0 heterocycles. The Morgan fingerprint density at radius 1 is 1.19 bits per heavy atom. The zero-order chi connectivity index (χ0) is 12.6. The van der Waals surface area contributed by atoms with Gasteiger partial charge in [-0.15, -0.1) is 0 Å². The Kier molecular flexibility index (Phi) is 6.53. The van der Waals surface area contributed by atoms with E-state index in [0.29, 0.717) is 13.2 Å². The highest BCUT2D eigenvalue weighted by Crippen LogP contribution is 2.12. The summed E-state index contributed by atoms with van der Waals surface area (Å²) in [6.45, 7) is 8.59. The molecule has 5 nitrogen and oxygen atoms in total. The van der Waals surface area contributed by atoms with E-state index in [-0.39, 0.29) is 24.3 Å². The summed E-state index contributed by atoms with van der Waals surface area (Å²) in [6, 6.07) is 0. The van der Waals surface area contributed by atoms with Gasteiger partial charge in [-0.25, -0.2) is 4.79 Å². The number of hydrogen-bond donors (Lipinski definition) is 1. The maximum atomic E-state index is 11.1. The number of rotatable bonds is 5. The van der Waals surface area contributed by atoms with Crippen LogP contribution in [-0.2, 0) is 14.3 Å². The molecule has 0 aromatic rings. The van der Waals surface area contributed by atoms with Gasteiger partial charge in [0.2, 0.25) is 0 Å². The maximum Gasteiger partial charge on any atom is 0.407 e. The summed E-state index contributed by atoms with van der Waals surface area (Å²) in [5.74, 6) is -0.321. The molecule has 0 saturated carbocycles. The third kappa shape index (κ3) is 9.30. The van der Waals surface area contributed by atoms with Gasteiger partial charge >= 0.3 is 12.1 Å². The molecular formula is C11H21NO4. The van der Waals surface area contributed by atoms with Crippen molar-refractivity contribution >= 4 is 12.1 Å². The van der Waals surface area contributed by atoms with Crippen LogP contribution in [0.4, 0.5) is 4.79 Å². The highest BCUT2D eigenvalue weighted by Gasteiger charge is 2.13. The Morgan fingerprint density at radius 3 is 2.31 bits per heavy atom. The van der Waals surface area contributed by atoms with Crippen LogP contribution in [0.3, 0.4) is 0 Å². The van der Waals surface area contributed by atoms with Crippen LogP contribution in [0, 0.1) is 5.41 Å². The van der Waals surface area contributed by atoms with Gasteiger partial charge in [-0.05, 0) is 12.3 Å². The Bertz CT molecular complexity index is 233. The maximum absolute atomic E-state index is 11.1. The second kappa shape index (κ2) is 7.09. The average molecular weight is 231 g/mol. The quantitative estimate of drug-likeness (QED) is 0.731. The van der Waals surface area contributed by atoms with Crippen LogP contribution in [-0.4, -0.2) is 31.8 Å². The van der Waals surface area contributed by atoms with Crippen LogP contribution >= 0.6 is 0 Å². The van der Waals surface area contributed by atoms with Crippen molar-refractivity contribution in [2.75, 3.05) is 19.8 Å². The van der Waals surface area contributed by atoms with Crippen molar-refractivity contribution in [3.8, 4) is 0 Å². The van der Waals surface area contributed by atoms with E-state index in [1.54, 1.807) is 6.92 Å². The molecule has 0 aliphatic carbocycles. The third-order valence-corrected chi connectivity index (χ3v) is 1.54. The Morgan fingerprint density at radius 2 is 1.81 bits per heavy atom. The summed E-state index contributed by atoms with van der Waals surface area (Å²) in [5, 5.41) is 2.48. The van der Waals surface area contributed by atoms with E-state index < -0.39 is 6.09 Å². The number of nitrogens with one attached hydrogen (secondary N) is 1. The van der Waals surface area contributed by atoms with Gasteiger partial charge in [0.25, 0.3) is 0 Å². The van der Waals surface area contributed by atoms with Gasteiger partial charge in [0.15, 0.2) is 0 Å². The SMILES string of the molecule is CCOC(=O)CCNC(=O)OCC(C)(C)C. The van der Waals surface area contributed by atoms with E-state index in [1.807, 2.05) is 20.8 Å². The summed E-state index contributed by atoms with van der Waals surface area (Å²) in [6.07, 6.45) is -0.336. The van der Waals surface area contributed by atoms with E-state index in [0.717, 1.165) is 0 Å². The predicted octanol–water partition coefficient (Wildman–Crippen LogP) is 1.71. The van der Waals surface area contributed by atoms with Crippen LogP contribution in [0.2, 0.25) is 0 Å². The van der Waals surface area contributed by atoms with Crippen LogP contribution in [0.5, 0.6) is 0 Å². The Hall–Kier alpha value is -1.26. The first-order chi connectivity index (χ1) is 7.35. The molecule has 0 saturated heterocycles. The number of hydrogen-bond acceptors (Lipinski definition) is 4. The Balaban J connectivity index is 3.55. The topological polar surface area (TPSA) is 64.6 Å². The molecule has 0 aliphatic rings. The van der Waals surface area contributed by atoms with Gasteiger partial charge in [0.05, 0.1) is 19.6 Å². The molecule has 0 aromatic heterocycles. The summed E-state index contributed by atoms with van der Waals surface area (Å²) >= 11 is 0. The number of alkyl carbamates (subject to hydrolysis) is 1. The molecule has 1 amide bonds. The zero-order valence-electron chi connectivity index (χ0n) is 10.5. The van der Waals surface area contributed by atoms with Gasteiger partial charge in [0, 0.05) is 6.54 Å². The molecular weight excluding hydrogens is 210 g/mol. The second-order valence-electron chi connectivity index (χ2n) is 4.62. The Labute approximate surface area is 96.5 Å². The van der Waals surface area contributed by atoms with Crippen molar-refractivity contribution in [3.63, 3.8) is 0 Å². The lowest BCUT2D eigenvalue weighted by Gasteiger charge is -2.17. The zero-order valence-corrected chi connectivity index (χ0v) is 10.5. The third-order valence-electron chi connectivity index (χ3n) is 1.54. The summed E-state index contributed by atoms with van der Waals surface area (Å²) in [4.78, 5) is 22.1. The summed E-state index contributed by atoms with van der Waals surface area (Å²) < 4.78 is 9.65. The first kappa shape index (κ1) is 14.7. The molecule has 5 heteroatoms. The molecule has 0 aliphatic heterocycles. The minimum atomic E-state index is -0.501. The number of carbonyl (C=O) groups is 2. The van der Waals surface area contributed by atoms with Crippen LogP contribution in [0.1, 0.15) is 34.1 Å². The van der Waals surface area contributed by atoms with Crippen molar-refractivity contribution in [1.29, 1.82) is 0 Å². The largest absolute Gasteiger partial charge is 0.466 e. The molecule has 0 rings (SSSR count). The van der Waals surface area contributed by atoms with Crippen molar-refractivity contribution in [2.45, 2.75) is 34.1 Å². The van der Waals surface area contributed by atoms with Crippen molar-refractivity contribution in [1.82, 2.24) is 5.32 Å². The first-order valence-electron chi connectivity index (χ1n) is 5.41. The number of amides is 1. The van der Waals surface area contributed by atoms with E-state index in [2.05, 4.69) is 5.32 Å². The highest BCUT2D eigenvalue weighted by atomic mass is 16.5. The van der Waals surface area contributed by atoms with Crippen molar-refractivity contribution in [2.24, 2.45) is 5.41 Å². The van der Waals surface area contributed by atoms with Crippen molar-refractivity contribution in [3.05, 3.63) is 0 Å². The predicted molar refractivity (Wildman–Crippen MR) is 60.1 cm³/mol. The van der Waals surface area contributed by atoms with Crippen LogP contribution in [0.25, 0.3) is 0 Å². The fourth-order valence-electron chi connectivity index (χ4n) is 0.833. The molecule has 0 aromatic carbocycles. The van der Waals surface area contributed by atoms with Gasteiger partial charge in [0.1, 0.15) is 0 Å². The summed E-state index contributed by atoms with van der Waals surface area (Å²) in [5.41, 5.74) is -0.0571. The average Bonchev–Trinajstić information content (AvgIpc) is 2.14. The van der Waals surface area contributed by atoms with Gasteiger partial charge in [-0.1, -0.05) is 20.8 Å². The van der Waals surface area contributed by atoms with Crippen LogP contribution in [0.15, 0.2) is 0 Å². The number of esters is 1.